The van der Waals surface area contributed by atoms with E-state index >= 15 is 0 Å². The van der Waals surface area contributed by atoms with Gasteiger partial charge in [-0.15, -0.1) is 0 Å². The summed E-state index contributed by atoms with van der Waals surface area (Å²) in [5, 5.41) is 8.91. The van der Waals surface area contributed by atoms with Crippen LogP contribution in [0.1, 0.15) is 0 Å². The number of nitrogens with zero attached hydrogens (tertiary/aromatic N) is 4. The molecule has 0 saturated carbocycles. The van der Waals surface area contributed by atoms with Gasteiger partial charge in [0.05, 0.1) is 22.6 Å². The van der Waals surface area contributed by atoms with E-state index in [1.807, 2.05) is 42.5 Å². The van der Waals surface area contributed by atoms with Gasteiger partial charge in [0.15, 0.2) is 5.82 Å². The minimum absolute atomic E-state index is 0.707. The second kappa shape index (κ2) is 13.8. The van der Waals surface area contributed by atoms with Gasteiger partial charge < -0.3 is 0 Å². The lowest BCUT2D eigenvalue weighted by Gasteiger charge is -2.11. The van der Waals surface area contributed by atoms with Crippen LogP contribution in [0.25, 0.3) is 94.8 Å². The summed E-state index contributed by atoms with van der Waals surface area (Å²) >= 11 is 0. The van der Waals surface area contributed by atoms with Crippen LogP contribution >= 0.6 is 0 Å². The highest BCUT2D eigenvalue weighted by molar-refractivity contribution is 6.17. The predicted molar refractivity (Wildman–Crippen MR) is 227 cm³/mol. The van der Waals surface area contributed by atoms with E-state index in [2.05, 4.69) is 168 Å². The topological polar surface area (TPSA) is 43.6 Å². The molecule has 8 aromatic carbocycles. The zero-order valence-electron chi connectivity index (χ0n) is 29.9. The van der Waals surface area contributed by atoms with Gasteiger partial charge >= 0.3 is 0 Å². The van der Waals surface area contributed by atoms with Crippen molar-refractivity contribution in [2.75, 3.05) is 0 Å². The van der Waals surface area contributed by atoms with Crippen LogP contribution in [0.15, 0.2) is 206 Å². The van der Waals surface area contributed by atoms with Crippen LogP contribution in [0, 0.1) is 0 Å². The largest absolute Gasteiger partial charge is 0.232 e. The first kappa shape index (κ1) is 32.2. The number of benzene rings is 8. The lowest BCUT2D eigenvalue weighted by Crippen LogP contribution is -1.96. The highest BCUT2D eigenvalue weighted by Crippen LogP contribution is 2.42. The number of hydrogen-bond donors (Lipinski definition) is 0. The van der Waals surface area contributed by atoms with Crippen molar-refractivity contribution in [1.82, 2.24) is 19.7 Å². The molecule has 2 heterocycles. The maximum Gasteiger partial charge on any atom is 0.160 e. The van der Waals surface area contributed by atoms with Gasteiger partial charge in [-0.2, -0.15) is 5.10 Å². The molecule has 0 N–H and O–H groups in total. The Morgan fingerprint density at radius 1 is 0.364 bits per heavy atom. The minimum atomic E-state index is 0.707. The Labute approximate surface area is 319 Å². The van der Waals surface area contributed by atoms with E-state index < -0.39 is 0 Å². The van der Waals surface area contributed by atoms with E-state index in [-0.39, 0.29) is 0 Å². The summed E-state index contributed by atoms with van der Waals surface area (Å²) in [5.41, 5.74) is 13.5. The summed E-state index contributed by atoms with van der Waals surface area (Å²) in [6.07, 6.45) is 0. The third-order valence-electron chi connectivity index (χ3n) is 10.2. The molecule has 10 aromatic rings. The molecule has 258 valence electrons. The number of para-hydroxylation sites is 1. The Hall–Kier alpha value is -7.43. The molecule has 0 unspecified atom stereocenters. The highest BCUT2D eigenvalue weighted by atomic mass is 15.3. The minimum Gasteiger partial charge on any atom is -0.232 e. The summed E-state index contributed by atoms with van der Waals surface area (Å²) in [6, 6.07) is 72.0. The van der Waals surface area contributed by atoms with Crippen LogP contribution < -0.4 is 0 Å². The average Bonchev–Trinajstić information content (AvgIpc) is 3.69. The van der Waals surface area contributed by atoms with Gasteiger partial charge in [0.25, 0.3) is 0 Å². The van der Waals surface area contributed by atoms with Crippen molar-refractivity contribution < 1.29 is 0 Å². The molecule has 55 heavy (non-hydrogen) atoms. The number of rotatable bonds is 7. The molecule has 0 aliphatic rings. The predicted octanol–water partition coefficient (Wildman–Crippen LogP) is 13.0. The summed E-state index contributed by atoms with van der Waals surface area (Å²) in [5.74, 6) is 0.707. The quantitative estimate of drug-likeness (QED) is 0.166. The second-order valence-corrected chi connectivity index (χ2v) is 13.7. The Morgan fingerprint density at radius 2 is 0.891 bits per heavy atom. The molecule has 0 spiro atoms. The van der Waals surface area contributed by atoms with Crippen LogP contribution in [-0.4, -0.2) is 19.7 Å². The Kier molecular flexibility index (Phi) is 8.12. The first-order chi connectivity index (χ1) is 27.3. The van der Waals surface area contributed by atoms with Crippen molar-refractivity contribution in [2.45, 2.75) is 0 Å². The SMILES string of the molecule is c1ccc(-c2cc(-c3ccc(-c4cccc(-c5nn(-c6ccccc6)c6c5c(-c5ccccc5)cc5ccccc56)c4)cc3)nc(-c3ccccc3)n2)cc1. The first-order valence-corrected chi connectivity index (χ1v) is 18.5. The smallest absolute Gasteiger partial charge is 0.160 e. The molecule has 4 heteroatoms. The summed E-state index contributed by atoms with van der Waals surface area (Å²) in [6.45, 7) is 0. The zero-order valence-corrected chi connectivity index (χ0v) is 29.9. The van der Waals surface area contributed by atoms with E-state index in [4.69, 9.17) is 15.1 Å². The molecular weight excluding hydrogens is 669 g/mol. The fourth-order valence-corrected chi connectivity index (χ4v) is 7.54. The summed E-state index contributed by atoms with van der Waals surface area (Å²) in [7, 11) is 0. The Balaban J connectivity index is 1.10. The van der Waals surface area contributed by atoms with Crippen LogP contribution in [0.2, 0.25) is 0 Å². The van der Waals surface area contributed by atoms with Gasteiger partial charge in [-0.25, -0.2) is 14.6 Å². The number of aromatic nitrogens is 4. The van der Waals surface area contributed by atoms with Crippen LogP contribution in [0.5, 0.6) is 0 Å². The second-order valence-electron chi connectivity index (χ2n) is 13.7. The molecule has 0 fully saturated rings. The van der Waals surface area contributed by atoms with Gasteiger partial charge in [0.1, 0.15) is 5.69 Å². The van der Waals surface area contributed by atoms with Gasteiger partial charge in [0.2, 0.25) is 0 Å². The van der Waals surface area contributed by atoms with E-state index in [1.165, 1.54) is 10.8 Å². The fraction of sp³-hybridized carbons (Fsp3) is 0. The molecule has 0 saturated heterocycles. The molecule has 0 aliphatic carbocycles. The van der Waals surface area contributed by atoms with Crippen molar-refractivity contribution in [1.29, 1.82) is 0 Å². The maximum absolute atomic E-state index is 5.42. The standard InChI is InChI=1S/C51H34N4/c1-5-16-36(17-6-1)45-33-41-22-13-14-27-44(41)50-48(45)49(54-55(50)43-25-11-4-12-26-43)42-24-15-23-40(32-42)35-28-30-38(31-29-35)47-34-46(37-18-7-2-8-19-37)52-51(53-47)39-20-9-3-10-21-39/h1-34H. The first-order valence-electron chi connectivity index (χ1n) is 18.5. The molecule has 0 radical (unpaired) electrons. The monoisotopic (exact) mass is 702 g/mol. The number of fused-ring (bicyclic) bond motifs is 3. The van der Waals surface area contributed by atoms with Crippen molar-refractivity contribution in [3.63, 3.8) is 0 Å². The molecule has 2 aromatic heterocycles. The average molecular weight is 703 g/mol. The molecule has 0 atom stereocenters. The third-order valence-corrected chi connectivity index (χ3v) is 10.2. The van der Waals surface area contributed by atoms with Gasteiger partial charge in [-0.1, -0.05) is 176 Å². The third kappa shape index (κ3) is 6.06. The molecule has 10 rings (SSSR count). The van der Waals surface area contributed by atoms with Gasteiger partial charge in [-0.3, -0.25) is 0 Å². The van der Waals surface area contributed by atoms with Crippen molar-refractivity contribution in [2.24, 2.45) is 0 Å². The molecular formula is C51H34N4. The van der Waals surface area contributed by atoms with Gasteiger partial charge in [0, 0.05) is 33.0 Å². The fourth-order valence-electron chi connectivity index (χ4n) is 7.54. The van der Waals surface area contributed by atoms with Crippen molar-refractivity contribution in [3.05, 3.63) is 206 Å². The molecule has 0 bridgehead atoms. The molecule has 4 nitrogen and oxygen atoms in total. The van der Waals surface area contributed by atoms with E-state index in [1.54, 1.807) is 0 Å². The van der Waals surface area contributed by atoms with Crippen molar-refractivity contribution >= 4 is 21.7 Å². The normalized spacial score (nSPS) is 11.3. The van der Waals surface area contributed by atoms with Gasteiger partial charge in [-0.05, 0) is 58.0 Å². The zero-order chi connectivity index (χ0) is 36.6. The Morgan fingerprint density at radius 3 is 1.58 bits per heavy atom. The summed E-state index contributed by atoms with van der Waals surface area (Å²) in [4.78, 5) is 10.0. The van der Waals surface area contributed by atoms with E-state index in [0.29, 0.717) is 5.82 Å². The highest BCUT2D eigenvalue weighted by Gasteiger charge is 2.21. The molecule has 0 aliphatic heterocycles. The van der Waals surface area contributed by atoms with Crippen molar-refractivity contribution in [3.8, 4) is 73.1 Å². The van der Waals surface area contributed by atoms with E-state index in [9.17, 15) is 0 Å². The lowest BCUT2D eigenvalue weighted by atomic mass is 9.93. The molecule has 0 amide bonds. The van der Waals surface area contributed by atoms with Crippen LogP contribution in [0.3, 0.4) is 0 Å². The Bertz CT molecular complexity index is 2880. The van der Waals surface area contributed by atoms with Crippen LogP contribution in [0.4, 0.5) is 0 Å². The maximum atomic E-state index is 5.42. The van der Waals surface area contributed by atoms with Crippen LogP contribution in [-0.2, 0) is 0 Å². The number of hydrogen-bond acceptors (Lipinski definition) is 3. The van der Waals surface area contributed by atoms with E-state index in [0.717, 1.165) is 78.2 Å². The summed E-state index contributed by atoms with van der Waals surface area (Å²) < 4.78 is 2.12. The lowest BCUT2D eigenvalue weighted by molar-refractivity contribution is 0.918.